The van der Waals surface area contributed by atoms with Crippen LogP contribution in [0.5, 0.6) is 0 Å². The van der Waals surface area contributed by atoms with E-state index in [1.54, 1.807) is 12.1 Å². The summed E-state index contributed by atoms with van der Waals surface area (Å²) in [6.45, 7) is 2.70. The van der Waals surface area contributed by atoms with Crippen molar-refractivity contribution in [3.63, 3.8) is 0 Å². The molecule has 28 heavy (non-hydrogen) atoms. The van der Waals surface area contributed by atoms with Gasteiger partial charge in [0.1, 0.15) is 5.82 Å². The molecule has 1 amide bonds. The van der Waals surface area contributed by atoms with Crippen molar-refractivity contribution >= 4 is 12.0 Å². The molecule has 1 aliphatic rings. The van der Waals surface area contributed by atoms with Crippen LogP contribution in [0.15, 0.2) is 66.9 Å². The van der Waals surface area contributed by atoms with Crippen molar-refractivity contribution in [2.24, 2.45) is 5.41 Å². The summed E-state index contributed by atoms with van der Waals surface area (Å²) < 4.78 is 15.0. The number of nitrogens with one attached hydrogen (secondary N) is 1. The van der Waals surface area contributed by atoms with Crippen LogP contribution in [0, 0.1) is 11.2 Å². The molecule has 1 unspecified atom stereocenters. The predicted octanol–water partition coefficient (Wildman–Crippen LogP) is 3.95. The second kappa shape index (κ2) is 7.43. The molecule has 0 spiro atoms. The average molecular weight is 375 g/mol. The third kappa shape index (κ3) is 3.88. The molecule has 1 heterocycles. The van der Waals surface area contributed by atoms with Gasteiger partial charge in [0.15, 0.2) is 0 Å². The molecule has 4 rings (SSSR count). The highest BCUT2D eigenvalue weighted by atomic mass is 19.1. The lowest BCUT2D eigenvalue weighted by Gasteiger charge is -2.29. The minimum absolute atomic E-state index is 0.0219. The van der Waals surface area contributed by atoms with Gasteiger partial charge in [-0.3, -0.25) is 4.79 Å². The van der Waals surface area contributed by atoms with Crippen molar-refractivity contribution in [3.05, 3.63) is 89.5 Å². The molecule has 1 atom stereocenters. The van der Waals surface area contributed by atoms with Crippen LogP contribution in [-0.2, 0) is 17.6 Å². The summed E-state index contributed by atoms with van der Waals surface area (Å²) in [6.07, 6.45) is 7.19. The van der Waals surface area contributed by atoms with E-state index in [4.69, 9.17) is 0 Å². The maximum atomic E-state index is 13.2. The van der Waals surface area contributed by atoms with Gasteiger partial charge in [-0.1, -0.05) is 43.3 Å². The Morgan fingerprint density at radius 1 is 1.18 bits per heavy atom. The highest BCUT2D eigenvalue weighted by molar-refractivity contribution is 5.78. The van der Waals surface area contributed by atoms with Gasteiger partial charge in [-0.25, -0.2) is 9.07 Å². The number of hydrogen-bond acceptors (Lipinski definition) is 2. The van der Waals surface area contributed by atoms with E-state index in [1.807, 2.05) is 47.3 Å². The summed E-state index contributed by atoms with van der Waals surface area (Å²) in [4.78, 5) is 12.3. The van der Waals surface area contributed by atoms with Crippen LogP contribution in [0.2, 0.25) is 0 Å². The van der Waals surface area contributed by atoms with Crippen LogP contribution in [0.4, 0.5) is 4.39 Å². The zero-order valence-corrected chi connectivity index (χ0v) is 15.7. The van der Waals surface area contributed by atoms with Crippen LogP contribution in [-0.4, -0.2) is 22.2 Å². The summed E-state index contributed by atoms with van der Waals surface area (Å²) in [5.74, 6) is -0.243. The number of aromatic nitrogens is 2. The molecule has 0 fully saturated rings. The molecular weight excluding hydrogens is 353 g/mol. The van der Waals surface area contributed by atoms with Crippen LogP contribution in [0.1, 0.15) is 23.7 Å². The number of amides is 1. The SMILES string of the molecule is CC1(CNC(=O)Cc2ccccc2)C=Cc2c(cnn2-c2ccc(F)cc2)C1. The van der Waals surface area contributed by atoms with Crippen LogP contribution < -0.4 is 5.32 Å². The molecule has 4 nitrogen and oxygen atoms in total. The molecule has 3 aromatic rings. The largest absolute Gasteiger partial charge is 0.355 e. The highest BCUT2D eigenvalue weighted by Gasteiger charge is 2.28. The van der Waals surface area contributed by atoms with Gasteiger partial charge in [-0.2, -0.15) is 5.10 Å². The van der Waals surface area contributed by atoms with E-state index in [9.17, 15) is 9.18 Å². The number of rotatable bonds is 5. The number of hydrogen-bond donors (Lipinski definition) is 1. The predicted molar refractivity (Wildman–Crippen MR) is 108 cm³/mol. The number of fused-ring (bicyclic) bond motifs is 1. The summed E-state index contributed by atoms with van der Waals surface area (Å²) >= 11 is 0. The Kier molecular flexibility index (Phi) is 4.82. The fourth-order valence-electron chi connectivity index (χ4n) is 3.53. The van der Waals surface area contributed by atoms with E-state index >= 15 is 0 Å². The van der Waals surface area contributed by atoms with E-state index in [-0.39, 0.29) is 17.1 Å². The van der Waals surface area contributed by atoms with Gasteiger partial charge in [-0.05, 0) is 47.9 Å². The smallest absolute Gasteiger partial charge is 0.224 e. The minimum Gasteiger partial charge on any atom is -0.355 e. The standard InChI is InChI=1S/C23H22FN3O/c1-23(16-25-22(28)13-17-5-3-2-4-6-17)12-11-21-18(14-23)15-26-27(21)20-9-7-19(24)8-10-20/h2-12,15H,13-14,16H2,1H3,(H,25,28). The maximum Gasteiger partial charge on any atom is 0.224 e. The summed E-state index contributed by atoms with van der Waals surface area (Å²) in [7, 11) is 0. The van der Waals surface area contributed by atoms with Gasteiger partial charge in [-0.15, -0.1) is 0 Å². The average Bonchev–Trinajstić information content (AvgIpc) is 3.10. The monoisotopic (exact) mass is 375 g/mol. The van der Waals surface area contributed by atoms with Crippen molar-refractivity contribution in [1.82, 2.24) is 15.1 Å². The molecule has 142 valence electrons. The van der Waals surface area contributed by atoms with Crippen molar-refractivity contribution in [2.45, 2.75) is 19.8 Å². The van der Waals surface area contributed by atoms with Crippen molar-refractivity contribution in [2.75, 3.05) is 6.54 Å². The number of carbonyl (C=O) groups excluding carboxylic acids is 1. The molecule has 1 aromatic heterocycles. The number of halogens is 1. The van der Waals surface area contributed by atoms with Crippen molar-refractivity contribution in [3.8, 4) is 5.69 Å². The second-order valence-corrected chi connectivity index (χ2v) is 7.55. The van der Waals surface area contributed by atoms with E-state index in [2.05, 4.69) is 23.4 Å². The van der Waals surface area contributed by atoms with Crippen LogP contribution >= 0.6 is 0 Å². The quantitative estimate of drug-likeness (QED) is 0.734. The zero-order chi connectivity index (χ0) is 19.6. The molecule has 0 bridgehead atoms. The van der Waals surface area contributed by atoms with E-state index in [0.29, 0.717) is 13.0 Å². The Morgan fingerprint density at radius 3 is 2.68 bits per heavy atom. The van der Waals surface area contributed by atoms with Gasteiger partial charge in [0.05, 0.1) is 24.0 Å². The fourth-order valence-corrected chi connectivity index (χ4v) is 3.53. The molecule has 5 heteroatoms. The summed E-state index contributed by atoms with van der Waals surface area (Å²) in [5.41, 5.74) is 3.78. The van der Waals surface area contributed by atoms with Gasteiger partial charge < -0.3 is 5.32 Å². The Bertz CT molecular complexity index is 1010. The number of carbonyl (C=O) groups is 1. The molecular formula is C23H22FN3O. The van der Waals surface area contributed by atoms with E-state index < -0.39 is 0 Å². The van der Waals surface area contributed by atoms with E-state index in [0.717, 1.165) is 28.9 Å². The first kappa shape index (κ1) is 18.2. The topological polar surface area (TPSA) is 46.9 Å². The molecule has 1 aliphatic carbocycles. The normalized spacial score (nSPS) is 17.9. The van der Waals surface area contributed by atoms with Crippen molar-refractivity contribution < 1.29 is 9.18 Å². The third-order valence-electron chi connectivity index (χ3n) is 5.09. The summed E-state index contributed by atoms with van der Waals surface area (Å²) in [5, 5.41) is 7.53. The lowest BCUT2D eigenvalue weighted by atomic mass is 9.79. The highest BCUT2D eigenvalue weighted by Crippen LogP contribution is 2.32. The first-order valence-electron chi connectivity index (χ1n) is 9.35. The lowest BCUT2D eigenvalue weighted by Crippen LogP contribution is -2.37. The Hall–Kier alpha value is -3.21. The molecule has 0 saturated heterocycles. The van der Waals surface area contributed by atoms with Gasteiger partial charge in [0, 0.05) is 12.0 Å². The molecule has 0 aliphatic heterocycles. The van der Waals surface area contributed by atoms with Gasteiger partial charge >= 0.3 is 0 Å². The van der Waals surface area contributed by atoms with Crippen LogP contribution in [0.25, 0.3) is 11.8 Å². The first-order chi connectivity index (χ1) is 13.5. The molecule has 0 radical (unpaired) electrons. The summed E-state index contributed by atoms with van der Waals surface area (Å²) in [6, 6.07) is 16.0. The third-order valence-corrected chi connectivity index (χ3v) is 5.09. The molecule has 2 aromatic carbocycles. The van der Waals surface area contributed by atoms with Crippen LogP contribution in [0.3, 0.4) is 0 Å². The molecule has 1 N–H and O–H groups in total. The lowest BCUT2D eigenvalue weighted by molar-refractivity contribution is -0.120. The maximum absolute atomic E-state index is 13.2. The Balaban J connectivity index is 1.43. The van der Waals surface area contributed by atoms with Gasteiger partial charge in [0.25, 0.3) is 0 Å². The van der Waals surface area contributed by atoms with Crippen molar-refractivity contribution in [1.29, 1.82) is 0 Å². The molecule has 0 saturated carbocycles. The number of nitrogens with zero attached hydrogens (tertiary/aromatic N) is 2. The minimum atomic E-state index is -0.265. The second-order valence-electron chi connectivity index (χ2n) is 7.55. The Labute approximate surface area is 163 Å². The number of benzene rings is 2. The van der Waals surface area contributed by atoms with Gasteiger partial charge in [0.2, 0.25) is 5.91 Å². The fraction of sp³-hybridized carbons (Fsp3) is 0.217. The Morgan fingerprint density at radius 2 is 1.93 bits per heavy atom. The first-order valence-corrected chi connectivity index (χ1v) is 9.35. The van der Waals surface area contributed by atoms with E-state index in [1.165, 1.54) is 12.1 Å². The zero-order valence-electron chi connectivity index (χ0n) is 15.7.